The van der Waals surface area contributed by atoms with Gasteiger partial charge in [-0.2, -0.15) is 0 Å². The largest absolute Gasteiger partial charge is 0.396 e. The van der Waals surface area contributed by atoms with Crippen molar-refractivity contribution >= 4 is 11.8 Å². The van der Waals surface area contributed by atoms with Crippen molar-refractivity contribution in [3.8, 4) is 0 Å². The average molecular weight is 217 g/mol. The van der Waals surface area contributed by atoms with E-state index < -0.39 is 5.54 Å². The smallest absolute Gasteiger partial charge is 0.239 e. The molecule has 88 valence electrons. The van der Waals surface area contributed by atoms with E-state index in [1.807, 2.05) is 0 Å². The predicted octanol–water partition coefficient (Wildman–Crippen LogP) is -1.66. The van der Waals surface area contributed by atoms with Gasteiger partial charge in [0, 0.05) is 12.1 Å². The zero-order valence-electron chi connectivity index (χ0n) is 9.17. The SMILES string of the molecule is CC(C)(CCO)NC(=O)CNC(=O)CN. The van der Waals surface area contributed by atoms with E-state index >= 15 is 0 Å². The summed E-state index contributed by atoms with van der Waals surface area (Å²) in [7, 11) is 0. The molecule has 0 saturated carbocycles. The zero-order chi connectivity index (χ0) is 11.9. The molecule has 0 rings (SSSR count). The third-order valence-corrected chi connectivity index (χ3v) is 1.85. The van der Waals surface area contributed by atoms with E-state index in [1.54, 1.807) is 13.8 Å². The molecule has 15 heavy (non-hydrogen) atoms. The molecule has 6 heteroatoms. The average Bonchev–Trinajstić information content (AvgIpc) is 2.13. The van der Waals surface area contributed by atoms with Gasteiger partial charge in [0.1, 0.15) is 0 Å². The molecule has 0 bridgehead atoms. The maximum atomic E-state index is 11.3. The second-order valence-corrected chi connectivity index (χ2v) is 3.89. The highest BCUT2D eigenvalue weighted by atomic mass is 16.3. The fraction of sp³-hybridized carbons (Fsp3) is 0.778. The third-order valence-electron chi connectivity index (χ3n) is 1.85. The number of hydrogen-bond donors (Lipinski definition) is 4. The predicted molar refractivity (Wildman–Crippen MR) is 56.0 cm³/mol. The lowest BCUT2D eigenvalue weighted by Gasteiger charge is -2.25. The first-order valence-corrected chi connectivity index (χ1v) is 4.80. The molecule has 0 aromatic heterocycles. The Hall–Kier alpha value is -1.14. The number of carbonyl (C=O) groups is 2. The van der Waals surface area contributed by atoms with Crippen molar-refractivity contribution in [3.63, 3.8) is 0 Å². The molecule has 0 aromatic rings. The Morgan fingerprint density at radius 3 is 2.40 bits per heavy atom. The van der Waals surface area contributed by atoms with Crippen LogP contribution >= 0.6 is 0 Å². The van der Waals surface area contributed by atoms with Crippen molar-refractivity contribution in [1.82, 2.24) is 10.6 Å². The lowest BCUT2D eigenvalue weighted by molar-refractivity contribution is -0.126. The maximum absolute atomic E-state index is 11.3. The van der Waals surface area contributed by atoms with Gasteiger partial charge in [-0.25, -0.2) is 0 Å². The standard InChI is InChI=1S/C9H19N3O3/c1-9(2,3-4-13)12-8(15)6-11-7(14)5-10/h13H,3-6,10H2,1-2H3,(H,11,14)(H,12,15). The van der Waals surface area contributed by atoms with E-state index in [1.165, 1.54) is 0 Å². The molecule has 0 heterocycles. The van der Waals surface area contributed by atoms with Gasteiger partial charge in [0.15, 0.2) is 0 Å². The van der Waals surface area contributed by atoms with Crippen LogP contribution in [-0.4, -0.2) is 42.2 Å². The maximum Gasteiger partial charge on any atom is 0.239 e. The number of nitrogens with two attached hydrogens (primary N) is 1. The lowest BCUT2D eigenvalue weighted by Crippen LogP contribution is -2.48. The van der Waals surface area contributed by atoms with Gasteiger partial charge >= 0.3 is 0 Å². The number of carbonyl (C=O) groups excluding carboxylic acids is 2. The van der Waals surface area contributed by atoms with Gasteiger partial charge in [0.25, 0.3) is 0 Å². The van der Waals surface area contributed by atoms with Gasteiger partial charge in [-0.05, 0) is 20.3 Å². The van der Waals surface area contributed by atoms with Crippen LogP contribution in [0.1, 0.15) is 20.3 Å². The number of amides is 2. The quantitative estimate of drug-likeness (QED) is 0.427. The summed E-state index contributed by atoms with van der Waals surface area (Å²) in [6.07, 6.45) is 0.462. The second-order valence-electron chi connectivity index (χ2n) is 3.89. The van der Waals surface area contributed by atoms with Gasteiger partial charge in [-0.15, -0.1) is 0 Å². The van der Waals surface area contributed by atoms with Crippen LogP contribution in [0.25, 0.3) is 0 Å². The summed E-state index contributed by atoms with van der Waals surface area (Å²) >= 11 is 0. The minimum absolute atomic E-state index is 0.00242. The number of aliphatic hydroxyl groups excluding tert-OH is 1. The van der Waals surface area contributed by atoms with E-state index in [-0.39, 0.29) is 31.5 Å². The van der Waals surface area contributed by atoms with Crippen LogP contribution in [0.5, 0.6) is 0 Å². The Morgan fingerprint density at radius 1 is 1.33 bits per heavy atom. The van der Waals surface area contributed by atoms with Gasteiger partial charge < -0.3 is 21.5 Å². The van der Waals surface area contributed by atoms with Crippen LogP contribution in [0.2, 0.25) is 0 Å². The molecule has 0 aliphatic heterocycles. The fourth-order valence-corrected chi connectivity index (χ4v) is 1.01. The van der Waals surface area contributed by atoms with E-state index in [0.717, 1.165) is 0 Å². The zero-order valence-corrected chi connectivity index (χ0v) is 9.17. The van der Waals surface area contributed by atoms with Gasteiger partial charge in [-0.1, -0.05) is 0 Å². The molecule has 0 aromatic carbocycles. The Kier molecular flexibility index (Phi) is 5.88. The van der Waals surface area contributed by atoms with Gasteiger partial charge in [0.05, 0.1) is 13.1 Å². The molecule has 0 saturated heterocycles. The summed E-state index contributed by atoms with van der Waals surface area (Å²) in [6.45, 7) is 3.37. The summed E-state index contributed by atoms with van der Waals surface area (Å²) in [5.74, 6) is -0.666. The first kappa shape index (κ1) is 13.9. The van der Waals surface area contributed by atoms with Crippen molar-refractivity contribution in [2.24, 2.45) is 5.73 Å². The van der Waals surface area contributed by atoms with Crippen molar-refractivity contribution in [3.05, 3.63) is 0 Å². The van der Waals surface area contributed by atoms with E-state index in [4.69, 9.17) is 10.8 Å². The highest BCUT2D eigenvalue weighted by molar-refractivity contribution is 5.85. The highest BCUT2D eigenvalue weighted by Crippen LogP contribution is 2.06. The van der Waals surface area contributed by atoms with Crippen LogP contribution in [0.15, 0.2) is 0 Å². The number of aliphatic hydroxyl groups is 1. The van der Waals surface area contributed by atoms with Crippen molar-refractivity contribution in [2.45, 2.75) is 25.8 Å². The summed E-state index contributed by atoms with van der Waals surface area (Å²) in [4.78, 5) is 22.1. The lowest BCUT2D eigenvalue weighted by atomic mass is 10.0. The topological polar surface area (TPSA) is 104 Å². The molecule has 0 atom stereocenters. The first-order valence-electron chi connectivity index (χ1n) is 4.80. The first-order chi connectivity index (χ1) is 6.91. The molecule has 2 amide bonds. The van der Waals surface area contributed by atoms with Gasteiger partial charge in [0.2, 0.25) is 11.8 Å². The molecule has 5 N–H and O–H groups in total. The van der Waals surface area contributed by atoms with E-state index in [9.17, 15) is 9.59 Å². The molecule has 0 aliphatic carbocycles. The normalized spacial score (nSPS) is 10.9. The summed E-state index contributed by atoms with van der Waals surface area (Å²) in [5.41, 5.74) is 4.58. The number of rotatable bonds is 6. The molecule has 0 fully saturated rings. The summed E-state index contributed by atoms with van der Waals surface area (Å²) in [5, 5.41) is 13.8. The van der Waals surface area contributed by atoms with Crippen LogP contribution < -0.4 is 16.4 Å². The van der Waals surface area contributed by atoms with E-state index in [0.29, 0.717) is 6.42 Å². The summed E-state index contributed by atoms with van der Waals surface area (Å²) in [6, 6.07) is 0. The Morgan fingerprint density at radius 2 is 1.93 bits per heavy atom. The van der Waals surface area contributed by atoms with Crippen LogP contribution in [0, 0.1) is 0 Å². The molecule has 0 radical (unpaired) electrons. The van der Waals surface area contributed by atoms with E-state index in [2.05, 4.69) is 10.6 Å². The molecular weight excluding hydrogens is 198 g/mol. The van der Waals surface area contributed by atoms with Crippen molar-refractivity contribution in [2.75, 3.05) is 19.7 Å². The fourth-order valence-electron chi connectivity index (χ4n) is 1.01. The Bertz CT molecular complexity index is 229. The second kappa shape index (κ2) is 6.36. The minimum atomic E-state index is -0.473. The Labute approximate surface area is 89.2 Å². The molecule has 0 spiro atoms. The molecular formula is C9H19N3O3. The molecule has 0 unspecified atom stereocenters. The third kappa shape index (κ3) is 6.87. The van der Waals surface area contributed by atoms with Crippen LogP contribution in [0.3, 0.4) is 0 Å². The van der Waals surface area contributed by atoms with Crippen LogP contribution in [0.4, 0.5) is 0 Å². The summed E-state index contributed by atoms with van der Waals surface area (Å²) < 4.78 is 0. The van der Waals surface area contributed by atoms with Crippen molar-refractivity contribution in [1.29, 1.82) is 0 Å². The monoisotopic (exact) mass is 217 g/mol. The van der Waals surface area contributed by atoms with Gasteiger partial charge in [-0.3, -0.25) is 9.59 Å². The molecule has 6 nitrogen and oxygen atoms in total. The minimum Gasteiger partial charge on any atom is -0.396 e. The number of hydrogen-bond acceptors (Lipinski definition) is 4. The highest BCUT2D eigenvalue weighted by Gasteiger charge is 2.19. The molecule has 0 aliphatic rings. The number of nitrogens with one attached hydrogen (secondary N) is 2. The Balaban J connectivity index is 3.87. The van der Waals surface area contributed by atoms with Crippen molar-refractivity contribution < 1.29 is 14.7 Å². The van der Waals surface area contributed by atoms with Crippen LogP contribution in [-0.2, 0) is 9.59 Å².